The minimum absolute atomic E-state index is 0.383. The van der Waals surface area contributed by atoms with Gasteiger partial charge in [0.15, 0.2) is 0 Å². The van der Waals surface area contributed by atoms with Gasteiger partial charge in [-0.1, -0.05) is 44.7 Å². The molecule has 0 radical (unpaired) electrons. The lowest BCUT2D eigenvalue weighted by Gasteiger charge is -2.28. The van der Waals surface area contributed by atoms with Crippen LogP contribution < -0.4 is 10.6 Å². The zero-order valence-corrected chi connectivity index (χ0v) is 19.9. The van der Waals surface area contributed by atoms with Crippen molar-refractivity contribution in [3.05, 3.63) is 47.5 Å². The average Bonchev–Trinajstić information content (AvgIpc) is 2.81. The van der Waals surface area contributed by atoms with Gasteiger partial charge in [0.1, 0.15) is 5.82 Å². The highest BCUT2D eigenvalue weighted by atomic mass is 15.0. The van der Waals surface area contributed by atoms with E-state index in [2.05, 4.69) is 42.7 Å². The molecule has 0 aliphatic heterocycles. The summed E-state index contributed by atoms with van der Waals surface area (Å²) in [5.41, 5.74) is 3.81. The Morgan fingerprint density at radius 3 is 2.62 bits per heavy atom. The summed E-state index contributed by atoms with van der Waals surface area (Å²) >= 11 is 0. The highest BCUT2D eigenvalue weighted by Gasteiger charge is 2.17. The molecule has 4 N–H and O–H groups in total. The molecule has 0 amide bonds. The quantitative estimate of drug-likeness (QED) is 0.309. The number of allylic oxidation sites excluding steroid dienone is 2. The maximum Gasteiger partial charge on any atom is 0.136 e. The third-order valence-electron chi connectivity index (χ3n) is 6.45. The number of nitrogens with zero attached hydrogens (tertiary/aromatic N) is 1. The molecule has 1 unspecified atom stereocenters. The third-order valence-corrected chi connectivity index (χ3v) is 6.45. The molecule has 1 aliphatic carbocycles. The minimum Gasteiger partial charge on any atom is -0.369 e. The number of aromatic nitrogens is 1. The van der Waals surface area contributed by atoms with Crippen molar-refractivity contribution in [1.82, 2.24) is 10.3 Å². The Hall–Kier alpha value is -2.53. The molecule has 1 saturated carbocycles. The normalized spacial score (nSPS) is 15.8. The van der Waals surface area contributed by atoms with Gasteiger partial charge in [0.05, 0.1) is 11.2 Å². The van der Waals surface area contributed by atoms with Gasteiger partial charge in [-0.05, 0) is 69.4 Å². The van der Waals surface area contributed by atoms with Crippen LogP contribution in [0.15, 0.2) is 36.4 Å². The van der Waals surface area contributed by atoms with Crippen molar-refractivity contribution in [3.63, 3.8) is 0 Å². The fraction of sp³-hybridized carbons (Fsp3) is 0.519. The van der Waals surface area contributed by atoms with Crippen molar-refractivity contribution in [3.8, 4) is 0 Å². The number of rotatable bonds is 11. The lowest BCUT2D eigenvalue weighted by atomic mass is 9.94. The van der Waals surface area contributed by atoms with Gasteiger partial charge in [-0.25, -0.2) is 4.98 Å². The van der Waals surface area contributed by atoms with Gasteiger partial charge in [-0.3, -0.25) is 0 Å². The Bertz CT molecular complexity index is 956. The van der Waals surface area contributed by atoms with Crippen LogP contribution in [-0.4, -0.2) is 35.0 Å². The summed E-state index contributed by atoms with van der Waals surface area (Å²) in [7, 11) is 0. The first kappa shape index (κ1) is 24.1. The first-order valence-electron chi connectivity index (χ1n) is 12.3. The lowest BCUT2D eigenvalue weighted by molar-refractivity contribution is 0.325. The molecule has 5 nitrogen and oxygen atoms in total. The lowest BCUT2D eigenvalue weighted by Crippen LogP contribution is -2.40. The number of hydrogen-bond donors (Lipinski definition) is 4. The highest BCUT2D eigenvalue weighted by molar-refractivity contribution is 6.13. The number of anilines is 1. The van der Waals surface area contributed by atoms with E-state index in [1.54, 1.807) is 12.2 Å². The number of nitrogens with one attached hydrogen (secondary N) is 4. The van der Waals surface area contributed by atoms with Crippen molar-refractivity contribution in [2.75, 3.05) is 11.9 Å². The molecule has 3 rings (SSSR count). The Balaban J connectivity index is 1.74. The van der Waals surface area contributed by atoms with Gasteiger partial charge in [0.2, 0.25) is 0 Å². The topological polar surface area (TPSA) is 84.7 Å². The van der Waals surface area contributed by atoms with E-state index in [-0.39, 0.29) is 0 Å². The van der Waals surface area contributed by atoms with Crippen LogP contribution in [0.25, 0.3) is 10.9 Å². The molecule has 0 saturated heterocycles. The second kappa shape index (κ2) is 11.9. The maximum absolute atomic E-state index is 8.62. The number of fused-ring (bicyclic) bond motifs is 1. The molecule has 5 heteroatoms. The number of hydrogen-bond acceptors (Lipinski definition) is 5. The highest BCUT2D eigenvalue weighted by Crippen LogP contribution is 2.23. The van der Waals surface area contributed by atoms with E-state index in [0.717, 1.165) is 41.7 Å². The number of benzene rings is 1. The molecule has 1 fully saturated rings. The van der Waals surface area contributed by atoms with Gasteiger partial charge in [-0.15, -0.1) is 0 Å². The van der Waals surface area contributed by atoms with Crippen molar-refractivity contribution in [2.24, 2.45) is 0 Å². The van der Waals surface area contributed by atoms with Crippen LogP contribution in [0.2, 0.25) is 0 Å². The molecule has 0 bridgehead atoms. The fourth-order valence-corrected chi connectivity index (χ4v) is 4.40. The van der Waals surface area contributed by atoms with E-state index in [4.69, 9.17) is 15.8 Å². The summed E-state index contributed by atoms with van der Waals surface area (Å²) in [4.78, 5) is 4.86. The van der Waals surface area contributed by atoms with Crippen LogP contribution in [0.1, 0.15) is 76.3 Å². The monoisotopic (exact) mass is 433 g/mol. The summed E-state index contributed by atoms with van der Waals surface area (Å²) in [5, 5.41) is 24.9. The van der Waals surface area contributed by atoms with Gasteiger partial charge in [-0.2, -0.15) is 0 Å². The molecular formula is C27H39N5. The van der Waals surface area contributed by atoms with Crippen molar-refractivity contribution < 1.29 is 0 Å². The van der Waals surface area contributed by atoms with Gasteiger partial charge < -0.3 is 21.5 Å². The zero-order chi connectivity index (χ0) is 22.9. The molecule has 0 spiro atoms. The molecule has 1 heterocycles. The maximum atomic E-state index is 8.62. The predicted molar refractivity (Wildman–Crippen MR) is 138 cm³/mol. The number of aryl methyl sites for hydroxylation is 1. The Kier molecular flexibility index (Phi) is 8.98. The zero-order valence-electron chi connectivity index (χ0n) is 19.9. The third kappa shape index (κ3) is 6.73. The molecule has 1 atom stereocenters. The van der Waals surface area contributed by atoms with Crippen LogP contribution in [0, 0.1) is 17.7 Å². The van der Waals surface area contributed by atoms with Crippen LogP contribution in [0.5, 0.6) is 0 Å². The summed E-state index contributed by atoms with van der Waals surface area (Å²) in [5.74, 6) is 0.756. The standard InChI is InChI=1S/C27H39N5/c1-4-21(28)12-13-25(29)24-18-20-17-19(3)11-14-26(20)32-27(24)30-16-15-22(5-2)31-23-9-7-6-8-10-23/h11-14,17-18,22-23,28-29,31H,4-10,15-16H2,1-3H3,(H,30,32)/b13-12-,28-21?,29-25?. The summed E-state index contributed by atoms with van der Waals surface area (Å²) < 4.78 is 0. The predicted octanol–water partition coefficient (Wildman–Crippen LogP) is 6.40. The Morgan fingerprint density at radius 2 is 1.91 bits per heavy atom. The summed E-state index contributed by atoms with van der Waals surface area (Å²) in [6.45, 7) is 7.10. The summed E-state index contributed by atoms with van der Waals surface area (Å²) in [6, 6.07) is 9.46. The van der Waals surface area contributed by atoms with Crippen molar-refractivity contribution in [1.29, 1.82) is 10.8 Å². The number of pyridine rings is 1. The van der Waals surface area contributed by atoms with Crippen LogP contribution in [0.4, 0.5) is 5.82 Å². The smallest absolute Gasteiger partial charge is 0.136 e. The van der Waals surface area contributed by atoms with Gasteiger partial charge in [0, 0.05) is 35.3 Å². The van der Waals surface area contributed by atoms with Crippen LogP contribution in [0.3, 0.4) is 0 Å². The van der Waals surface area contributed by atoms with E-state index >= 15 is 0 Å². The molecule has 1 aromatic carbocycles. The first-order valence-corrected chi connectivity index (χ1v) is 12.3. The van der Waals surface area contributed by atoms with Crippen LogP contribution in [-0.2, 0) is 0 Å². The molecular weight excluding hydrogens is 394 g/mol. The van der Waals surface area contributed by atoms with Gasteiger partial charge in [0.25, 0.3) is 0 Å². The van der Waals surface area contributed by atoms with Crippen molar-refractivity contribution in [2.45, 2.75) is 84.2 Å². The van der Waals surface area contributed by atoms with Gasteiger partial charge >= 0.3 is 0 Å². The SMILES string of the molecule is CCC(=N)/C=C\C(=N)c1cc2cc(C)ccc2nc1NCCC(CC)NC1CCCCC1. The Morgan fingerprint density at radius 1 is 1.12 bits per heavy atom. The molecule has 172 valence electrons. The van der Waals surface area contributed by atoms with Crippen molar-refractivity contribution >= 4 is 28.1 Å². The second-order valence-corrected chi connectivity index (χ2v) is 9.03. The molecule has 32 heavy (non-hydrogen) atoms. The molecule has 1 aliphatic rings. The van der Waals surface area contributed by atoms with E-state index in [1.165, 1.54) is 37.7 Å². The largest absolute Gasteiger partial charge is 0.369 e. The van der Waals surface area contributed by atoms with E-state index in [0.29, 0.717) is 29.9 Å². The molecule has 2 aromatic rings. The second-order valence-electron chi connectivity index (χ2n) is 9.03. The fourth-order valence-electron chi connectivity index (χ4n) is 4.40. The van der Waals surface area contributed by atoms with E-state index < -0.39 is 0 Å². The van der Waals surface area contributed by atoms with E-state index in [1.807, 2.05) is 13.0 Å². The van der Waals surface area contributed by atoms with Crippen LogP contribution >= 0.6 is 0 Å². The summed E-state index contributed by atoms with van der Waals surface area (Å²) in [6.07, 6.45) is 12.9. The van der Waals surface area contributed by atoms with E-state index in [9.17, 15) is 0 Å². The minimum atomic E-state index is 0.383. The first-order chi connectivity index (χ1) is 15.5. The Labute approximate surface area is 193 Å². The average molecular weight is 434 g/mol. The molecule has 1 aromatic heterocycles.